The van der Waals surface area contributed by atoms with E-state index in [4.69, 9.17) is 9.84 Å². The highest BCUT2D eigenvalue weighted by Crippen LogP contribution is 2.44. The van der Waals surface area contributed by atoms with Crippen molar-refractivity contribution in [3.8, 4) is 11.1 Å². The highest BCUT2D eigenvalue weighted by molar-refractivity contribution is 5.86. The molecule has 0 radical (unpaired) electrons. The Balaban J connectivity index is 1.59. The number of fused-ring (bicyclic) bond motifs is 3. The Morgan fingerprint density at radius 3 is 2.15 bits per heavy atom. The maximum atomic E-state index is 12.5. The normalized spacial score (nSPS) is 14.2. The fourth-order valence-electron chi connectivity index (χ4n) is 3.92. The summed E-state index contributed by atoms with van der Waals surface area (Å²) >= 11 is 0. The van der Waals surface area contributed by atoms with Crippen molar-refractivity contribution in [2.24, 2.45) is 0 Å². The van der Waals surface area contributed by atoms with Gasteiger partial charge in [0, 0.05) is 25.4 Å². The van der Waals surface area contributed by atoms with E-state index < -0.39 is 30.1 Å². The maximum absolute atomic E-state index is 12.5. The van der Waals surface area contributed by atoms with Gasteiger partial charge >= 0.3 is 12.1 Å². The van der Waals surface area contributed by atoms with Crippen LogP contribution >= 0.6 is 0 Å². The molecular formula is C24H29N3O6. The molecule has 0 aromatic heterocycles. The van der Waals surface area contributed by atoms with Crippen LogP contribution in [0.15, 0.2) is 48.5 Å². The fraction of sp³-hybridized carbons (Fsp3) is 0.375. The van der Waals surface area contributed by atoms with Crippen molar-refractivity contribution in [3.05, 3.63) is 59.7 Å². The number of amides is 2. The van der Waals surface area contributed by atoms with Crippen LogP contribution in [-0.2, 0) is 14.3 Å². The van der Waals surface area contributed by atoms with Gasteiger partial charge in [0.05, 0.1) is 0 Å². The summed E-state index contributed by atoms with van der Waals surface area (Å²) in [7, 11) is 3.52. The van der Waals surface area contributed by atoms with Gasteiger partial charge in [0.1, 0.15) is 12.6 Å². The van der Waals surface area contributed by atoms with Crippen LogP contribution < -0.4 is 10.6 Å². The molecule has 0 aliphatic heterocycles. The van der Waals surface area contributed by atoms with Crippen LogP contribution in [0, 0.1) is 0 Å². The van der Waals surface area contributed by atoms with Gasteiger partial charge in [-0.15, -0.1) is 0 Å². The number of hydrogen-bond acceptors (Lipinski definition) is 6. The predicted molar refractivity (Wildman–Crippen MR) is 122 cm³/mol. The molecule has 33 heavy (non-hydrogen) atoms. The third kappa shape index (κ3) is 6.09. The largest absolute Gasteiger partial charge is 0.479 e. The Hall–Kier alpha value is -3.43. The van der Waals surface area contributed by atoms with E-state index in [1.165, 1.54) is 0 Å². The van der Waals surface area contributed by atoms with Gasteiger partial charge in [0.25, 0.3) is 0 Å². The molecule has 176 valence electrons. The number of carboxylic acid groups (broad SMARTS) is 1. The molecule has 0 saturated carbocycles. The molecule has 2 amide bonds. The Kier molecular flexibility index (Phi) is 8.02. The molecule has 0 saturated heterocycles. The number of benzene rings is 2. The Morgan fingerprint density at radius 2 is 1.61 bits per heavy atom. The van der Waals surface area contributed by atoms with Gasteiger partial charge < -0.3 is 30.5 Å². The molecule has 0 spiro atoms. The zero-order valence-corrected chi connectivity index (χ0v) is 18.7. The number of likely N-dealkylation sites (N-methyl/N-ethyl adjacent to an activating group) is 1. The highest BCUT2D eigenvalue weighted by Gasteiger charge is 2.30. The topological polar surface area (TPSA) is 128 Å². The lowest BCUT2D eigenvalue weighted by atomic mass is 9.98. The number of hydrogen-bond donors (Lipinski definition) is 4. The number of rotatable bonds is 10. The van der Waals surface area contributed by atoms with Gasteiger partial charge in [0.15, 0.2) is 6.10 Å². The van der Waals surface area contributed by atoms with Gasteiger partial charge in [-0.05, 0) is 36.3 Å². The first-order valence-corrected chi connectivity index (χ1v) is 10.7. The molecule has 1 unspecified atom stereocenters. The first-order valence-electron chi connectivity index (χ1n) is 10.7. The van der Waals surface area contributed by atoms with E-state index in [0.717, 1.165) is 22.3 Å². The number of alkyl carbamates (subject to hydrolysis) is 1. The minimum atomic E-state index is -1.56. The minimum absolute atomic E-state index is 0.0391. The van der Waals surface area contributed by atoms with E-state index in [1.807, 2.05) is 48.5 Å². The first-order chi connectivity index (χ1) is 15.8. The molecular weight excluding hydrogens is 426 g/mol. The second-order valence-corrected chi connectivity index (χ2v) is 8.22. The molecule has 1 aliphatic rings. The average molecular weight is 456 g/mol. The summed E-state index contributed by atoms with van der Waals surface area (Å²) in [6.07, 6.45) is -2.42. The molecule has 1 aliphatic carbocycles. The number of ether oxygens (including phenoxy) is 1. The summed E-state index contributed by atoms with van der Waals surface area (Å²) in [6.45, 7) is 0.307. The van der Waals surface area contributed by atoms with Crippen LogP contribution in [0.1, 0.15) is 23.5 Å². The third-order valence-electron chi connectivity index (χ3n) is 5.50. The lowest BCUT2D eigenvalue weighted by Gasteiger charge is -2.22. The lowest BCUT2D eigenvalue weighted by molar-refractivity contribution is -0.147. The predicted octanol–water partition coefficient (Wildman–Crippen LogP) is 1.41. The van der Waals surface area contributed by atoms with Crippen LogP contribution in [0.25, 0.3) is 11.1 Å². The van der Waals surface area contributed by atoms with Gasteiger partial charge in [-0.3, -0.25) is 4.79 Å². The smallest absolute Gasteiger partial charge is 0.407 e. The molecule has 2 aromatic rings. The second-order valence-electron chi connectivity index (χ2n) is 8.22. The van der Waals surface area contributed by atoms with Gasteiger partial charge in [0.2, 0.25) is 5.91 Å². The van der Waals surface area contributed by atoms with Crippen molar-refractivity contribution >= 4 is 18.0 Å². The van der Waals surface area contributed by atoms with E-state index in [1.54, 1.807) is 19.0 Å². The summed E-state index contributed by atoms with van der Waals surface area (Å²) in [6, 6.07) is 15.1. The van der Waals surface area contributed by atoms with Gasteiger partial charge in [-0.2, -0.15) is 0 Å². The van der Waals surface area contributed by atoms with E-state index in [0.29, 0.717) is 0 Å². The number of nitrogens with one attached hydrogen (secondary N) is 2. The van der Waals surface area contributed by atoms with Crippen molar-refractivity contribution in [1.82, 2.24) is 15.5 Å². The van der Waals surface area contributed by atoms with Crippen molar-refractivity contribution in [2.75, 3.05) is 33.8 Å². The highest BCUT2D eigenvalue weighted by atomic mass is 16.5. The molecule has 0 heterocycles. The summed E-state index contributed by atoms with van der Waals surface area (Å²) in [5.74, 6) is -1.94. The molecule has 0 bridgehead atoms. The standard InChI is InChI=1S/C24H29N3O6/c1-27(2)13-20(22(29)25-12-11-21(28)23(30)31)26-24(32)33-14-19-17-9-5-3-7-15(17)16-8-4-6-10-18(16)19/h3-10,19-21,28H,11-14H2,1-2H3,(H,25,29)(H,26,32)(H,30,31)/t20-,21?/m0/s1. The van der Waals surface area contributed by atoms with Crippen LogP contribution in [0.5, 0.6) is 0 Å². The fourth-order valence-corrected chi connectivity index (χ4v) is 3.92. The lowest BCUT2D eigenvalue weighted by Crippen LogP contribution is -2.52. The average Bonchev–Trinajstić information content (AvgIpc) is 3.10. The summed E-state index contributed by atoms with van der Waals surface area (Å²) in [4.78, 5) is 37.5. The van der Waals surface area contributed by atoms with Crippen LogP contribution in [0.4, 0.5) is 4.79 Å². The van der Waals surface area contributed by atoms with Gasteiger partial charge in [-0.25, -0.2) is 9.59 Å². The summed E-state index contributed by atoms with van der Waals surface area (Å²) < 4.78 is 5.51. The third-order valence-corrected chi connectivity index (χ3v) is 5.50. The first kappa shape index (κ1) is 24.2. The summed E-state index contributed by atoms with van der Waals surface area (Å²) in [5, 5.41) is 23.2. The number of nitrogens with zero attached hydrogens (tertiary/aromatic N) is 1. The number of aliphatic hydroxyl groups excluding tert-OH is 1. The van der Waals surface area contributed by atoms with E-state index >= 15 is 0 Å². The Bertz CT molecular complexity index is 964. The SMILES string of the molecule is CN(C)C[C@H](NC(=O)OCC1c2ccccc2-c2ccccc21)C(=O)NCCC(O)C(=O)O. The van der Waals surface area contributed by atoms with E-state index in [-0.39, 0.29) is 32.0 Å². The molecule has 3 rings (SSSR count). The second kappa shape index (κ2) is 10.9. The molecule has 4 N–H and O–H groups in total. The van der Waals surface area contributed by atoms with Crippen molar-refractivity contribution in [2.45, 2.75) is 24.5 Å². The summed E-state index contributed by atoms with van der Waals surface area (Å²) in [5.41, 5.74) is 4.42. The zero-order valence-electron chi connectivity index (χ0n) is 18.7. The number of aliphatic carboxylic acids is 1. The minimum Gasteiger partial charge on any atom is -0.479 e. The van der Waals surface area contributed by atoms with Gasteiger partial charge in [-0.1, -0.05) is 48.5 Å². The van der Waals surface area contributed by atoms with Crippen LogP contribution in [0.3, 0.4) is 0 Å². The number of carboxylic acids is 1. The van der Waals surface area contributed by atoms with Crippen LogP contribution in [0.2, 0.25) is 0 Å². The zero-order chi connectivity index (χ0) is 24.0. The van der Waals surface area contributed by atoms with Crippen molar-refractivity contribution < 1.29 is 29.3 Å². The molecule has 9 nitrogen and oxygen atoms in total. The molecule has 2 atom stereocenters. The molecule has 0 fully saturated rings. The van der Waals surface area contributed by atoms with Crippen LogP contribution in [-0.4, -0.2) is 79.0 Å². The quantitative estimate of drug-likeness (QED) is 0.426. The number of aliphatic hydroxyl groups is 1. The Labute approximate surface area is 192 Å². The molecule has 9 heteroatoms. The Morgan fingerprint density at radius 1 is 1.03 bits per heavy atom. The molecule has 2 aromatic carbocycles. The van der Waals surface area contributed by atoms with Crippen molar-refractivity contribution in [1.29, 1.82) is 0 Å². The van der Waals surface area contributed by atoms with E-state index in [2.05, 4.69) is 10.6 Å². The number of carbonyl (C=O) groups is 3. The monoisotopic (exact) mass is 455 g/mol. The number of carbonyl (C=O) groups excluding carboxylic acids is 2. The van der Waals surface area contributed by atoms with Crippen molar-refractivity contribution in [3.63, 3.8) is 0 Å². The van der Waals surface area contributed by atoms with E-state index in [9.17, 15) is 19.5 Å². The maximum Gasteiger partial charge on any atom is 0.407 e.